The molecule has 0 saturated carbocycles. The molecule has 1 saturated heterocycles. The van der Waals surface area contributed by atoms with Gasteiger partial charge in [0.1, 0.15) is 10.6 Å². The van der Waals surface area contributed by atoms with Gasteiger partial charge in [-0.25, -0.2) is 0 Å². The number of benzene rings is 1. The summed E-state index contributed by atoms with van der Waals surface area (Å²) in [6.07, 6.45) is 2.58. The van der Waals surface area contributed by atoms with E-state index in [9.17, 15) is 4.79 Å². The van der Waals surface area contributed by atoms with Gasteiger partial charge in [0, 0.05) is 22.2 Å². The zero-order valence-corrected chi connectivity index (χ0v) is 13.3. The molecule has 4 nitrogen and oxygen atoms in total. The minimum Gasteiger partial charge on any atom is -0.496 e. The number of fused-ring (bicyclic) bond motifs is 3. The van der Waals surface area contributed by atoms with Gasteiger partial charge in [0.2, 0.25) is 0 Å². The zero-order chi connectivity index (χ0) is 15.1. The number of nitrogens with one attached hydrogen (secondary N) is 1. The number of rotatable bonds is 3. The molecule has 22 heavy (non-hydrogen) atoms. The quantitative estimate of drug-likeness (QED) is 0.806. The number of methoxy groups -OCH3 is 1. The molecule has 0 bridgehead atoms. The lowest BCUT2D eigenvalue weighted by atomic mass is 10.1. The molecule has 3 heterocycles. The van der Waals surface area contributed by atoms with Crippen molar-refractivity contribution < 1.29 is 4.74 Å². The average molecular weight is 314 g/mol. The molecule has 1 aliphatic rings. The average Bonchev–Trinajstić information content (AvgIpc) is 3.16. The van der Waals surface area contributed by atoms with Crippen LogP contribution in [0.2, 0.25) is 0 Å². The van der Waals surface area contributed by atoms with Crippen LogP contribution in [0.5, 0.6) is 5.75 Å². The molecule has 2 aromatic heterocycles. The van der Waals surface area contributed by atoms with Crippen LogP contribution < -0.4 is 10.3 Å². The van der Waals surface area contributed by atoms with E-state index >= 15 is 0 Å². The van der Waals surface area contributed by atoms with Crippen LogP contribution in [0, 0.1) is 0 Å². The molecule has 0 atom stereocenters. The summed E-state index contributed by atoms with van der Waals surface area (Å²) >= 11 is 1.68. The lowest BCUT2D eigenvalue weighted by Crippen LogP contribution is -2.17. The molecule has 1 N–H and O–H groups in total. The van der Waals surface area contributed by atoms with Gasteiger partial charge in [-0.2, -0.15) is 0 Å². The van der Waals surface area contributed by atoms with E-state index in [1.165, 1.54) is 30.8 Å². The molecule has 114 valence electrons. The van der Waals surface area contributed by atoms with Crippen LogP contribution in [-0.2, 0) is 6.54 Å². The largest absolute Gasteiger partial charge is 0.496 e. The maximum absolute atomic E-state index is 12.3. The Labute approximate surface area is 132 Å². The van der Waals surface area contributed by atoms with Crippen molar-refractivity contribution in [1.82, 2.24) is 9.88 Å². The van der Waals surface area contributed by atoms with E-state index in [1.54, 1.807) is 18.4 Å². The fraction of sp³-hybridized carbons (Fsp3) is 0.353. The smallest absolute Gasteiger partial charge is 0.257 e. The first-order valence-electron chi connectivity index (χ1n) is 7.60. The van der Waals surface area contributed by atoms with Crippen LogP contribution >= 0.6 is 11.3 Å². The van der Waals surface area contributed by atoms with Crippen molar-refractivity contribution in [1.29, 1.82) is 0 Å². The number of pyridine rings is 1. The van der Waals surface area contributed by atoms with E-state index in [0.29, 0.717) is 5.39 Å². The SMILES string of the molecule is COc1cccc2c(=O)[nH]c3sc(CN4CCCC4)cc3c12. The molecule has 0 amide bonds. The lowest BCUT2D eigenvalue weighted by molar-refractivity contribution is 0.334. The Bertz CT molecular complexity index is 891. The Morgan fingerprint density at radius 1 is 1.27 bits per heavy atom. The standard InChI is InChI=1S/C17H18N2O2S/c1-21-14-6-4-5-12-15(14)13-9-11(10-19-7-2-3-8-19)22-17(13)18-16(12)20/h4-6,9H,2-3,7-8,10H2,1H3,(H,18,20). The van der Waals surface area contributed by atoms with E-state index in [-0.39, 0.29) is 5.56 Å². The van der Waals surface area contributed by atoms with E-state index in [1.807, 2.05) is 18.2 Å². The molecule has 4 rings (SSSR count). The minimum atomic E-state index is -0.0454. The van der Waals surface area contributed by atoms with Gasteiger partial charge in [-0.15, -0.1) is 11.3 Å². The van der Waals surface area contributed by atoms with E-state index in [0.717, 1.165) is 27.9 Å². The molecule has 0 radical (unpaired) electrons. The van der Waals surface area contributed by atoms with Gasteiger partial charge in [0.15, 0.2) is 0 Å². The van der Waals surface area contributed by atoms with Crippen molar-refractivity contribution in [3.8, 4) is 5.75 Å². The summed E-state index contributed by atoms with van der Waals surface area (Å²) in [4.78, 5) is 20.0. The summed E-state index contributed by atoms with van der Waals surface area (Å²) < 4.78 is 5.47. The molecule has 1 aliphatic heterocycles. The molecule has 1 fully saturated rings. The maximum atomic E-state index is 12.3. The van der Waals surface area contributed by atoms with Crippen molar-refractivity contribution in [3.05, 3.63) is 39.5 Å². The van der Waals surface area contributed by atoms with Crippen LogP contribution in [0.15, 0.2) is 29.1 Å². The Kier molecular flexibility index (Phi) is 3.39. The molecular weight excluding hydrogens is 296 g/mol. The predicted molar refractivity (Wildman–Crippen MR) is 91.0 cm³/mol. The maximum Gasteiger partial charge on any atom is 0.257 e. The molecule has 3 aromatic rings. The van der Waals surface area contributed by atoms with Crippen molar-refractivity contribution in [2.75, 3.05) is 20.2 Å². The third kappa shape index (κ3) is 2.21. The van der Waals surface area contributed by atoms with E-state index in [2.05, 4.69) is 16.0 Å². The summed E-state index contributed by atoms with van der Waals surface area (Å²) in [5.41, 5.74) is -0.0454. The van der Waals surface area contributed by atoms with Crippen LogP contribution in [0.25, 0.3) is 21.0 Å². The number of hydrogen-bond donors (Lipinski definition) is 1. The highest BCUT2D eigenvalue weighted by atomic mass is 32.1. The number of hydrogen-bond acceptors (Lipinski definition) is 4. The number of aromatic amines is 1. The Balaban J connectivity index is 1.90. The number of thiophene rings is 1. The second kappa shape index (κ2) is 5.41. The highest BCUT2D eigenvalue weighted by Gasteiger charge is 2.16. The van der Waals surface area contributed by atoms with Crippen LogP contribution in [0.3, 0.4) is 0 Å². The Hall–Kier alpha value is -1.85. The van der Waals surface area contributed by atoms with Gasteiger partial charge in [-0.3, -0.25) is 9.69 Å². The minimum absolute atomic E-state index is 0.0454. The summed E-state index contributed by atoms with van der Waals surface area (Å²) in [5, 5.41) is 2.70. The topological polar surface area (TPSA) is 45.3 Å². The van der Waals surface area contributed by atoms with Gasteiger partial charge in [-0.05, 0) is 44.1 Å². The van der Waals surface area contributed by atoms with Crippen LogP contribution in [0.1, 0.15) is 17.7 Å². The second-order valence-electron chi connectivity index (χ2n) is 5.78. The Morgan fingerprint density at radius 2 is 2.09 bits per heavy atom. The molecular formula is C17H18N2O2S. The van der Waals surface area contributed by atoms with Crippen molar-refractivity contribution in [2.45, 2.75) is 19.4 Å². The summed E-state index contributed by atoms with van der Waals surface area (Å²) in [6.45, 7) is 3.32. The molecule has 0 unspecified atom stereocenters. The molecule has 5 heteroatoms. The fourth-order valence-electron chi connectivity index (χ4n) is 3.30. The molecule has 0 spiro atoms. The van der Waals surface area contributed by atoms with Gasteiger partial charge in [0.05, 0.1) is 12.5 Å². The van der Waals surface area contributed by atoms with Gasteiger partial charge in [-0.1, -0.05) is 6.07 Å². The second-order valence-corrected chi connectivity index (χ2v) is 6.91. The highest BCUT2D eigenvalue weighted by Crippen LogP contribution is 2.34. The number of likely N-dealkylation sites (tertiary alicyclic amines) is 1. The van der Waals surface area contributed by atoms with Gasteiger partial charge >= 0.3 is 0 Å². The van der Waals surface area contributed by atoms with Gasteiger partial charge < -0.3 is 9.72 Å². The van der Waals surface area contributed by atoms with E-state index in [4.69, 9.17) is 4.74 Å². The summed E-state index contributed by atoms with van der Waals surface area (Å²) in [5.74, 6) is 0.763. The first kappa shape index (κ1) is 13.8. The number of aromatic nitrogens is 1. The third-order valence-corrected chi connectivity index (χ3v) is 5.38. The van der Waals surface area contributed by atoms with E-state index < -0.39 is 0 Å². The van der Waals surface area contributed by atoms with Crippen molar-refractivity contribution in [2.24, 2.45) is 0 Å². The third-order valence-electron chi connectivity index (χ3n) is 4.35. The number of ether oxygens (including phenoxy) is 1. The predicted octanol–water partition coefficient (Wildman–Crippen LogP) is 3.35. The molecule has 0 aliphatic carbocycles. The summed E-state index contributed by atoms with van der Waals surface area (Å²) in [6, 6.07) is 7.84. The normalized spacial score (nSPS) is 15.9. The number of H-pyrrole nitrogens is 1. The number of nitrogens with zero attached hydrogens (tertiary/aromatic N) is 1. The Morgan fingerprint density at radius 3 is 2.86 bits per heavy atom. The van der Waals surface area contributed by atoms with Crippen LogP contribution in [0.4, 0.5) is 0 Å². The molecule has 1 aromatic carbocycles. The first-order valence-corrected chi connectivity index (χ1v) is 8.41. The lowest BCUT2D eigenvalue weighted by Gasteiger charge is -2.12. The monoisotopic (exact) mass is 314 g/mol. The van der Waals surface area contributed by atoms with Crippen molar-refractivity contribution >= 4 is 32.3 Å². The first-order chi connectivity index (χ1) is 10.8. The fourth-order valence-corrected chi connectivity index (χ4v) is 4.40. The van der Waals surface area contributed by atoms with Crippen LogP contribution in [-0.4, -0.2) is 30.1 Å². The zero-order valence-electron chi connectivity index (χ0n) is 12.5. The van der Waals surface area contributed by atoms with Crippen molar-refractivity contribution in [3.63, 3.8) is 0 Å². The summed E-state index contributed by atoms with van der Waals surface area (Å²) in [7, 11) is 1.65. The highest BCUT2D eigenvalue weighted by molar-refractivity contribution is 7.18. The van der Waals surface area contributed by atoms with Gasteiger partial charge in [0.25, 0.3) is 5.56 Å².